The summed E-state index contributed by atoms with van der Waals surface area (Å²) in [7, 11) is 1.90. The number of hydrogen-bond acceptors (Lipinski definition) is 2. The fourth-order valence-corrected chi connectivity index (χ4v) is 2.93. The lowest BCUT2D eigenvalue weighted by Crippen LogP contribution is -2.41. The summed E-state index contributed by atoms with van der Waals surface area (Å²) in [6.07, 6.45) is 4.02. The molecule has 1 fully saturated rings. The van der Waals surface area contributed by atoms with E-state index in [1.165, 1.54) is 0 Å². The molecule has 1 unspecified atom stereocenters. The molecule has 1 aromatic heterocycles. The zero-order chi connectivity index (χ0) is 13.9. The number of aryl methyl sites for hydroxylation is 1. The monoisotopic (exact) mass is 271 g/mol. The van der Waals surface area contributed by atoms with Gasteiger partial charge in [0.2, 0.25) is 5.92 Å². The molecule has 108 valence electrons. The zero-order valence-electron chi connectivity index (χ0n) is 11.7. The Balaban J connectivity index is 1.96. The van der Waals surface area contributed by atoms with Crippen LogP contribution in [0.1, 0.15) is 38.3 Å². The van der Waals surface area contributed by atoms with Crippen LogP contribution in [0.2, 0.25) is 0 Å². The number of aromatic nitrogens is 2. The minimum atomic E-state index is -2.45. The van der Waals surface area contributed by atoms with Crippen LogP contribution in [0.25, 0.3) is 0 Å². The normalized spacial score (nSPS) is 21.5. The first-order valence-electron chi connectivity index (χ1n) is 7.10. The van der Waals surface area contributed by atoms with E-state index >= 15 is 0 Å². The van der Waals surface area contributed by atoms with Gasteiger partial charge >= 0.3 is 0 Å². The van der Waals surface area contributed by atoms with Crippen LogP contribution < -0.4 is 5.32 Å². The molecule has 3 nitrogen and oxygen atoms in total. The Labute approximate surface area is 113 Å². The van der Waals surface area contributed by atoms with Crippen molar-refractivity contribution in [2.45, 2.75) is 51.0 Å². The van der Waals surface area contributed by atoms with Crippen LogP contribution in [0, 0.1) is 5.92 Å². The molecule has 1 saturated carbocycles. The molecule has 1 aliphatic carbocycles. The summed E-state index contributed by atoms with van der Waals surface area (Å²) < 4.78 is 28.2. The number of halogens is 2. The summed E-state index contributed by atoms with van der Waals surface area (Å²) >= 11 is 0. The van der Waals surface area contributed by atoms with E-state index in [-0.39, 0.29) is 18.9 Å². The number of hydrogen-bond donors (Lipinski definition) is 1. The molecular formula is C14H23F2N3. The third-order valence-electron chi connectivity index (χ3n) is 4.00. The van der Waals surface area contributed by atoms with Gasteiger partial charge in [-0.2, -0.15) is 5.10 Å². The first-order chi connectivity index (χ1) is 9.00. The SMILES string of the molecule is CCNC(Cc1ccn(C)n1)C1CCC(F)(F)CC1. The van der Waals surface area contributed by atoms with Crippen molar-refractivity contribution in [1.82, 2.24) is 15.1 Å². The Morgan fingerprint density at radius 1 is 1.47 bits per heavy atom. The second kappa shape index (κ2) is 5.99. The average molecular weight is 271 g/mol. The van der Waals surface area contributed by atoms with Crippen molar-refractivity contribution in [1.29, 1.82) is 0 Å². The molecule has 0 aliphatic heterocycles. The second-order valence-corrected chi connectivity index (χ2v) is 5.54. The Kier molecular flexibility index (Phi) is 4.55. The molecule has 0 saturated heterocycles. The Bertz CT molecular complexity index is 393. The summed E-state index contributed by atoms with van der Waals surface area (Å²) in [5.41, 5.74) is 1.03. The second-order valence-electron chi connectivity index (χ2n) is 5.54. The summed E-state index contributed by atoms with van der Waals surface area (Å²) in [6.45, 7) is 2.92. The van der Waals surface area contributed by atoms with E-state index in [2.05, 4.69) is 17.3 Å². The van der Waals surface area contributed by atoms with Gasteiger partial charge in [-0.3, -0.25) is 4.68 Å². The van der Waals surface area contributed by atoms with Crippen LogP contribution in [-0.4, -0.2) is 28.3 Å². The van der Waals surface area contributed by atoms with Gasteiger partial charge in [0, 0.05) is 38.5 Å². The summed E-state index contributed by atoms with van der Waals surface area (Å²) in [4.78, 5) is 0. The van der Waals surface area contributed by atoms with Crippen molar-refractivity contribution in [3.8, 4) is 0 Å². The predicted octanol–water partition coefficient (Wildman–Crippen LogP) is 2.77. The van der Waals surface area contributed by atoms with Crippen LogP contribution in [0.3, 0.4) is 0 Å². The number of likely N-dealkylation sites (N-methyl/N-ethyl adjacent to an activating group) is 1. The van der Waals surface area contributed by atoms with Crippen LogP contribution in [0.15, 0.2) is 12.3 Å². The highest BCUT2D eigenvalue weighted by Gasteiger charge is 2.37. The molecule has 1 aromatic rings. The van der Waals surface area contributed by atoms with Crippen molar-refractivity contribution in [3.63, 3.8) is 0 Å². The third kappa shape index (κ3) is 4.00. The maximum absolute atomic E-state index is 13.2. The minimum Gasteiger partial charge on any atom is -0.314 e. The lowest BCUT2D eigenvalue weighted by molar-refractivity contribution is -0.0495. The van der Waals surface area contributed by atoms with Crippen molar-refractivity contribution < 1.29 is 8.78 Å². The van der Waals surface area contributed by atoms with Gasteiger partial charge in [-0.1, -0.05) is 6.92 Å². The van der Waals surface area contributed by atoms with Crippen molar-refractivity contribution >= 4 is 0 Å². The summed E-state index contributed by atoms with van der Waals surface area (Å²) in [6, 6.07) is 2.26. The van der Waals surface area contributed by atoms with Crippen molar-refractivity contribution in [3.05, 3.63) is 18.0 Å². The van der Waals surface area contributed by atoms with Gasteiger partial charge in [-0.25, -0.2) is 8.78 Å². The molecule has 0 radical (unpaired) electrons. The molecule has 0 bridgehead atoms. The van der Waals surface area contributed by atoms with Crippen molar-refractivity contribution in [2.75, 3.05) is 6.54 Å². The van der Waals surface area contributed by atoms with Crippen LogP contribution in [0.4, 0.5) is 8.78 Å². The molecule has 1 N–H and O–H groups in total. The van der Waals surface area contributed by atoms with Crippen LogP contribution in [-0.2, 0) is 13.5 Å². The molecule has 0 spiro atoms. The molecule has 0 amide bonds. The van der Waals surface area contributed by atoms with Crippen LogP contribution >= 0.6 is 0 Å². The van der Waals surface area contributed by atoms with Gasteiger partial charge in [0.15, 0.2) is 0 Å². The first-order valence-corrected chi connectivity index (χ1v) is 7.10. The van der Waals surface area contributed by atoms with Gasteiger partial charge in [0.05, 0.1) is 5.69 Å². The van der Waals surface area contributed by atoms with Gasteiger partial charge in [0.1, 0.15) is 0 Å². The molecule has 1 aliphatic rings. The molecular weight excluding hydrogens is 248 g/mol. The largest absolute Gasteiger partial charge is 0.314 e. The quantitative estimate of drug-likeness (QED) is 0.892. The summed E-state index contributed by atoms with van der Waals surface area (Å²) in [5, 5.41) is 7.83. The van der Waals surface area contributed by atoms with E-state index < -0.39 is 5.92 Å². The van der Waals surface area contributed by atoms with E-state index in [1.54, 1.807) is 4.68 Å². The number of nitrogens with one attached hydrogen (secondary N) is 1. The highest BCUT2D eigenvalue weighted by Crippen LogP contribution is 2.37. The third-order valence-corrected chi connectivity index (χ3v) is 4.00. The lowest BCUT2D eigenvalue weighted by atomic mass is 9.80. The lowest BCUT2D eigenvalue weighted by Gasteiger charge is -2.34. The predicted molar refractivity (Wildman–Crippen MR) is 71.3 cm³/mol. The van der Waals surface area contributed by atoms with E-state index in [9.17, 15) is 8.78 Å². The molecule has 19 heavy (non-hydrogen) atoms. The van der Waals surface area contributed by atoms with E-state index in [0.717, 1.165) is 18.7 Å². The van der Waals surface area contributed by atoms with Gasteiger partial charge in [-0.15, -0.1) is 0 Å². The Morgan fingerprint density at radius 3 is 2.68 bits per heavy atom. The number of alkyl halides is 2. The fourth-order valence-electron chi connectivity index (χ4n) is 2.93. The average Bonchev–Trinajstić information content (AvgIpc) is 2.74. The Hall–Kier alpha value is -0.970. The Morgan fingerprint density at radius 2 is 2.16 bits per heavy atom. The molecule has 1 atom stereocenters. The van der Waals surface area contributed by atoms with Crippen LogP contribution in [0.5, 0.6) is 0 Å². The van der Waals surface area contributed by atoms with E-state index in [1.807, 2.05) is 19.3 Å². The fraction of sp³-hybridized carbons (Fsp3) is 0.786. The number of rotatable bonds is 5. The molecule has 5 heteroatoms. The maximum atomic E-state index is 13.2. The summed E-state index contributed by atoms with van der Waals surface area (Å²) in [5.74, 6) is -2.11. The molecule has 0 aromatic carbocycles. The molecule has 1 heterocycles. The van der Waals surface area contributed by atoms with E-state index in [0.29, 0.717) is 18.8 Å². The zero-order valence-corrected chi connectivity index (χ0v) is 11.7. The van der Waals surface area contributed by atoms with Gasteiger partial charge in [-0.05, 0) is 31.4 Å². The number of nitrogens with zero attached hydrogens (tertiary/aromatic N) is 2. The first kappa shape index (κ1) is 14.4. The topological polar surface area (TPSA) is 29.9 Å². The van der Waals surface area contributed by atoms with Crippen molar-refractivity contribution in [2.24, 2.45) is 13.0 Å². The van der Waals surface area contributed by atoms with E-state index in [4.69, 9.17) is 0 Å². The highest BCUT2D eigenvalue weighted by atomic mass is 19.3. The van der Waals surface area contributed by atoms with Gasteiger partial charge in [0.25, 0.3) is 0 Å². The standard InChI is InChI=1S/C14H23F2N3/c1-3-17-13(10-12-6-9-19(2)18-12)11-4-7-14(15,16)8-5-11/h6,9,11,13,17H,3-5,7-8,10H2,1-2H3. The maximum Gasteiger partial charge on any atom is 0.248 e. The van der Waals surface area contributed by atoms with Gasteiger partial charge < -0.3 is 5.32 Å². The smallest absolute Gasteiger partial charge is 0.248 e. The molecule has 2 rings (SSSR count). The highest BCUT2D eigenvalue weighted by molar-refractivity contribution is 5.02. The minimum absolute atomic E-state index is 0.0295.